The fourth-order valence-corrected chi connectivity index (χ4v) is 4.67. The van der Waals surface area contributed by atoms with Crippen LogP contribution in [0.5, 0.6) is 11.5 Å². The van der Waals surface area contributed by atoms with Crippen molar-refractivity contribution in [3.05, 3.63) is 91.2 Å². The second kappa shape index (κ2) is 11.8. The summed E-state index contributed by atoms with van der Waals surface area (Å²) in [6.45, 7) is 2.65. The normalized spacial score (nSPS) is 10.9. The van der Waals surface area contributed by atoms with Crippen LogP contribution < -0.4 is 14.8 Å². The fourth-order valence-electron chi connectivity index (χ4n) is 2.90. The summed E-state index contributed by atoms with van der Waals surface area (Å²) in [5, 5.41) is 12.2. The maximum atomic E-state index is 13.4. The van der Waals surface area contributed by atoms with Gasteiger partial charge in [0.15, 0.2) is 0 Å². The number of carbonyl (C=O) groups is 1. The first kappa shape index (κ1) is 24.7. The molecule has 168 valence electrons. The summed E-state index contributed by atoms with van der Waals surface area (Å²) in [7, 11) is 0. The zero-order valence-corrected chi connectivity index (χ0v) is 21.3. The Bertz CT molecular complexity index is 1200. The van der Waals surface area contributed by atoms with Gasteiger partial charge in [-0.15, -0.1) is 0 Å². The molecule has 3 aromatic rings. The van der Waals surface area contributed by atoms with Gasteiger partial charge in [-0.25, -0.2) is 4.39 Å². The first-order valence-corrected chi connectivity index (χ1v) is 11.8. The number of nitriles is 1. The Balaban J connectivity index is 1.73. The molecule has 5 nitrogen and oxygen atoms in total. The number of amides is 1. The van der Waals surface area contributed by atoms with E-state index in [0.717, 1.165) is 3.57 Å². The number of nitrogens with one attached hydrogen (secondary N) is 1. The Morgan fingerprint density at radius 1 is 1.18 bits per heavy atom. The molecule has 3 rings (SSSR count). The zero-order valence-electron chi connectivity index (χ0n) is 17.6. The summed E-state index contributed by atoms with van der Waals surface area (Å²) in [5.74, 6) is 0.456. The Hall–Kier alpha value is -2.90. The van der Waals surface area contributed by atoms with E-state index in [9.17, 15) is 14.4 Å². The third-order valence-electron chi connectivity index (χ3n) is 4.39. The van der Waals surface area contributed by atoms with E-state index in [0.29, 0.717) is 39.4 Å². The van der Waals surface area contributed by atoms with Gasteiger partial charge < -0.3 is 14.8 Å². The summed E-state index contributed by atoms with van der Waals surface area (Å²) >= 11 is 5.59. The molecule has 0 aliphatic heterocycles. The highest BCUT2D eigenvalue weighted by atomic mass is 127. The zero-order chi connectivity index (χ0) is 23.8. The Morgan fingerprint density at radius 3 is 2.58 bits per heavy atom. The Labute approximate surface area is 213 Å². The number of hydrogen-bond acceptors (Lipinski definition) is 4. The maximum absolute atomic E-state index is 13.4. The second-order valence-electron chi connectivity index (χ2n) is 6.81. The molecule has 0 unspecified atom stereocenters. The number of carbonyl (C=O) groups excluding carboxylic acids is 1. The average Bonchev–Trinajstić information content (AvgIpc) is 2.78. The number of ether oxygens (including phenoxy) is 2. The van der Waals surface area contributed by atoms with Gasteiger partial charge in [0.05, 0.1) is 14.6 Å². The van der Waals surface area contributed by atoms with Crippen molar-refractivity contribution >= 4 is 56.2 Å². The highest BCUT2D eigenvalue weighted by Gasteiger charge is 2.13. The van der Waals surface area contributed by atoms with Crippen LogP contribution in [0, 0.1) is 20.7 Å². The van der Waals surface area contributed by atoms with E-state index in [2.05, 4.69) is 43.8 Å². The molecule has 1 N–H and O–H groups in total. The second-order valence-corrected chi connectivity index (χ2v) is 8.83. The molecule has 0 aromatic heterocycles. The number of hydrogen-bond donors (Lipinski definition) is 1. The van der Waals surface area contributed by atoms with Crippen molar-refractivity contribution in [2.24, 2.45) is 0 Å². The molecular weight excluding hydrogens is 602 g/mol. The molecule has 0 fully saturated rings. The number of halogens is 3. The lowest BCUT2D eigenvalue weighted by Gasteiger charge is -2.12. The summed E-state index contributed by atoms with van der Waals surface area (Å²) in [6.07, 6.45) is 1.51. The maximum Gasteiger partial charge on any atom is 0.266 e. The van der Waals surface area contributed by atoms with Gasteiger partial charge in [-0.2, -0.15) is 5.26 Å². The van der Waals surface area contributed by atoms with Gasteiger partial charge in [0.1, 0.15) is 35.6 Å². The molecule has 0 bridgehead atoms. The molecule has 33 heavy (non-hydrogen) atoms. The minimum absolute atomic E-state index is 0.0417. The SMILES string of the molecule is CCOc1ccc(NC(=O)/C(C#N)=C\c2cc(Br)c(OCc3cccc(F)c3)c(I)c2)cc1. The van der Waals surface area contributed by atoms with Crippen molar-refractivity contribution in [3.63, 3.8) is 0 Å². The van der Waals surface area contributed by atoms with Crippen molar-refractivity contribution < 1.29 is 18.7 Å². The van der Waals surface area contributed by atoms with E-state index in [-0.39, 0.29) is 18.0 Å². The van der Waals surface area contributed by atoms with E-state index in [4.69, 9.17) is 9.47 Å². The lowest BCUT2D eigenvalue weighted by Crippen LogP contribution is -2.13. The van der Waals surface area contributed by atoms with Gasteiger partial charge in [0, 0.05) is 5.69 Å². The van der Waals surface area contributed by atoms with Gasteiger partial charge in [-0.05, 0) is 111 Å². The van der Waals surface area contributed by atoms with E-state index < -0.39 is 5.91 Å². The highest BCUT2D eigenvalue weighted by Crippen LogP contribution is 2.33. The molecule has 1 amide bonds. The third-order valence-corrected chi connectivity index (χ3v) is 5.78. The van der Waals surface area contributed by atoms with Gasteiger partial charge in [-0.1, -0.05) is 12.1 Å². The van der Waals surface area contributed by atoms with Gasteiger partial charge in [0.25, 0.3) is 5.91 Å². The van der Waals surface area contributed by atoms with E-state index >= 15 is 0 Å². The third kappa shape index (κ3) is 7.04. The highest BCUT2D eigenvalue weighted by molar-refractivity contribution is 14.1. The Kier molecular flexibility index (Phi) is 8.86. The van der Waals surface area contributed by atoms with Crippen molar-refractivity contribution in [1.82, 2.24) is 0 Å². The van der Waals surface area contributed by atoms with E-state index in [1.165, 1.54) is 18.2 Å². The minimum Gasteiger partial charge on any atom is -0.494 e. The quantitative estimate of drug-likeness (QED) is 0.172. The average molecular weight is 621 g/mol. The predicted octanol–water partition coefficient (Wildman–Crippen LogP) is 6.72. The molecule has 0 radical (unpaired) electrons. The molecule has 0 atom stereocenters. The summed E-state index contributed by atoms with van der Waals surface area (Å²) in [4.78, 5) is 12.6. The molecule has 3 aromatic carbocycles. The first-order valence-electron chi connectivity index (χ1n) is 9.92. The molecule has 0 spiro atoms. The molecule has 0 heterocycles. The van der Waals surface area contributed by atoms with Crippen molar-refractivity contribution in [1.29, 1.82) is 5.26 Å². The summed E-state index contributed by atoms with van der Waals surface area (Å²) in [6, 6.07) is 18.6. The van der Waals surface area contributed by atoms with Gasteiger partial charge in [0.2, 0.25) is 0 Å². The topological polar surface area (TPSA) is 71.3 Å². The molecule has 8 heteroatoms. The van der Waals surface area contributed by atoms with Crippen molar-refractivity contribution in [2.45, 2.75) is 13.5 Å². The molecule has 0 saturated heterocycles. The van der Waals surface area contributed by atoms with Gasteiger partial charge in [-0.3, -0.25) is 4.79 Å². The van der Waals surface area contributed by atoms with Crippen LogP contribution in [0.15, 0.2) is 70.7 Å². The van der Waals surface area contributed by atoms with Crippen LogP contribution >= 0.6 is 38.5 Å². The Morgan fingerprint density at radius 2 is 1.94 bits per heavy atom. The lowest BCUT2D eigenvalue weighted by atomic mass is 10.1. The van der Waals surface area contributed by atoms with E-state index in [1.54, 1.807) is 48.5 Å². The standard InChI is InChI=1S/C25H19BrFIN2O3/c1-2-32-21-8-6-20(7-9-21)30-25(31)18(14-29)10-17-12-22(26)24(23(28)13-17)33-15-16-4-3-5-19(27)11-16/h3-13H,2,15H2,1H3,(H,30,31)/b18-10-. The minimum atomic E-state index is -0.515. The van der Waals surface area contributed by atoms with Crippen LogP contribution in [0.2, 0.25) is 0 Å². The van der Waals surface area contributed by atoms with Crippen LogP contribution in [-0.4, -0.2) is 12.5 Å². The van der Waals surface area contributed by atoms with Gasteiger partial charge >= 0.3 is 0 Å². The summed E-state index contributed by atoms with van der Waals surface area (Å²) in [5.41, 5.74) is 1.88. The fraction of sp³-hybridized carbons (Fsp3) is 0.120. The molecule has 0 aliphatic carbocycles. The van der Waals surface area contributed by atoms with E-state index in [1.807, 2.05) is 13.0 Å². The summed E-state index contributed by atoms with van der Waals surface area (Å²) < 4.78 is 26.0. The van der Waals surface area contributed by atoms with Crippen LogP contribution in [0.25, 0.3) is 6.08 Å². The molecule has 0 aliphatic rings. The number of anilines is 1. The van der Waals surface area contributed by atoms with Crippen LogP contribution in [-0.2, 0) is 11.4 Å². The van der Waals surface area contributed by atoms with Crippen LogP contribution in [0.3, 0.4) is 0 Å². The number of rotatable bonds is 8. The largest absolute Gasteiger partial charge is 0.494 e. The van der Waals surface area contributed by atoms with Crippen molar-refractivity contribution in [3.8, 4) is 17.6 Å². The smallest absolute Gasteiger partial charge is 0.266 e. The van der Waals surface area contributed by atoms with Crippen LogP contribution in [0.1, 0.15) is 18.1 Å². The number of benzene rings is 3. The lowest BCUT2D eigenvalue weighted by molar-refractivity contribution is -0.112. The first-order chi connectivity index (χ1) is 15.9. The molecule has 0 saturated carbocycles. The number of nitrogens with zero attached hydrogens (tertiary/aromatic N) is 1. The van der Waals surface area contributed by atoms with Crippen molar-refractivity contribution in [2.75, 3.05) is 11.9 Å². The molecular formula is C25H19BrFIN2O3. The predicted molar refractivity (Wildman–Crippen MR) is 137 cm³/mol. The monoisotopic (exact) mass is 620 g/mol. The van der Waals surface area contributed by atoms with Crippen LogP contribution in [0.4, 0.5) is 10.1 Å².